The molecule has 0 amide bonds. The third-order valence-electron chi connectivity index (χ3n) is 13.5. The molecular weight excluding hydrogens is 749 g/mol. The second kappa shape index (κ2) is 13.7. The summed E-state index contributed by atoms with van der Waals surface area (Å²) in [7, 11) is 0. The maximum absolute atomic E-state index is 2.46. The molecule has 310 valence electrons. The lowest BCUT2D eigenvalue weighted by Crippen LogP contribution is -2.10. The molecule has 0 aliphatic carbocycles. The highest BCUT2D eigenvalue weighted by Gasteiger charge is 2.23. The van der Waals surface area contributed by atoms with Crippen molar-refractivity contribution in [3.8, 4) is 22.5 Å². The van der Waals surface area contributed by atoms with Crippen LogP contribution in [0.4, 0.5) is 0 Å². The van der Waals surface area contributed by atoms with Crippen molar-refractivity contribution in [2.45, 2.75) is 105 Å². The fourth-order valence-corrected chi connectivity index (χ4v) is 9.57. The summed E-state index contributed by atoms with van der Waals surface area (Å²) in [6.45, 7) is 27.6. The number of nitrogens with zero attached hydrogens (tertiary/aromatic N) is 2. The zero-order valence-corrected chi connectivity index (χ0v) is 38.8. The summed E-state index contributed by atoms with van der Waals surface area (Å²) >= 11 is 0. The van der Waals surface area contributed by atoms with Crippen LogP contribution in [0.25, 0.3) is 87.7 Å². The van der Waals surface area contributed by atoms with Crippen molar-refractivity contribution in [1.29, 1.82) is 0 Å². The minimum atomic E-state index is 0.0698. The van der Waals surface area contributed by atoms with E-state index < -0.39 is 0 Å². The summed E-state index contributed by atoms with van der Waals surface area (Å²) in [6, 6.07) is 56.0. The molecule has 2 heterocycles. The van der Waals surface area contributed by atoms with Crippen LogP contribution in [0.2, 0.25) is 0 Å². The molecule has 0 saturated carbocycles. The van der Waals surface area contributed by atoms with Crippen molar-refractivity contribution < 1.29 is 0 Å². The van der Waals surface area contributed by atoms with Gasteiger partial charge in [-0.25, -0.2) is 0 Å². The van der Waals surface area contributed by atoms with E-state index in [-0.39, 0.29) is 21.7 Å². The van der Waals surface area contributed by atoms with Crippen LogP contribution in [0, 0.1) is 0 Å². The van der Waals surface area contributed by atoms with E-state index >= 15 is 0 Å². The van der Waals surface area contributed by atoms with Crippen LogP contribution in [-0.2, 0) is 21.7 Å². The topological polar surface area (TPSA) is 9.86 Å². The van der Waals surface area contributed by atoms with E-state index in [0.717, 1.165) is 0 Å². The first-order valence-electron chi connectivity index (χ1n) is 22.5. The third-order valence-corrected chi connectivity index (χ3v) is 13.5. The van der Waals surface area contributed by atoms with Crippen molar-refractivity contribution in [3.63, 3.8) is 0 Å². The van der Waals surface area contributed by atoms with Gasteiger partial charge in [0.1, 0.15) is 0 Å². The monoisotopic (exact) mass is 808 g/mol. The summed E-state index contributed by atoms with van der Waals surface area (Å²) in [5.41, 5.74) is 15.5. The lowest BCUT2D eigenvalue weighted by atomic mass is 9.85. The quantitative estimate of drug-likeness (QED) is 0.168. The van der Waals surface area contributed by atoms with Gasteiger partial charge in [0.05, 0.1) is 22.1 Å². The van der Waals surface area contributed by atoms with E-state index in [1.807, 2.05) is 0 Å². The van der Waals surface area contributed by atoms with Gasteiger partial charge in [-0.15, -0.1) is 0 Å². The summed E-state index contributed by atoms with van der Waals surface area (Å²) in [5, 5.41) is 10.2. The van der Waals surface area contributed by atoms with Crippen molar-refractivity contribution in [2.24, 2.45) is 0 Å². The average Bonchev–Trinajstić information content (AvgIpc) is 3.73. The highest BCUT2D eigenvalue weighted by molar-refractivity contribution is 6.11. The Balaban J connectivity index is 1.03. The molecule has 62 heavy (non-hydrogen) atoms. The fraction of sp³-hybridized carbons (Fsp3) is 0.267. The highest BCUT2D eigenvalue weighted by Crippen LogP contribution is 2.41. The SMILES string of the molecule is CC(C)(C)c1ccc2c(c1)c1cc(C(C)(C)C)ccc1n2-c1ccc2cc(-c3ccc4cc(-n5c6ccc(C(C)(C)C)cc6c6cc(C(C)(C)C)ccc65)ccc4c3)ccc2c1. The second-order valence-electron chi connectivity index (χ2n) is 22.1. The number of aromatic nitrogens is 2. The first-order chi connectivity index (χ1) is 29.2. The van der Waals surface area contributed by atoms with Crippen LogP contribution in [0.3, 0.4) is 0 Å². The van der Waals surface area contributed by atoms with Gasteiger partial charge in [-0.05, 0) is 162 Å². The molecule has 8 aromatic carbocycles. The van der Waals surface area contributed by atoms with Gasteiger partial charge in [-0.1, -0.05) is 144 Å². The van der Waals surface area contributed by atoms with Gasteiger partial charge in [0.2, 0.25) is 0 Å². The van der Waals surface area contributed by atoms with Crippen molar-refractivity contribution >= 4 is 65.2 Å². The zero-order valence-electron chi connectivity index (χ0n) is 38.8. The first-order valence-corrected chi connectivity index (χ1v) is 22.5. The Hall–Kier alpha value is -6.12. The van der Waals surface area contributed by atoms with E-state index in [9.17, 15) is 0 Å². The molecule has 0 aliphatic heterocycles. The zero-order chi connectivity index (χ0) is 43.7. The smallest absolute Gasteiger partial charge is 0.0541 e. The normalized spacial score (nSPS) is 13.2. The first kappa shape index (κ1) is 40.0. The molecule has 10 rings (SSSR count). The standard InChI is InChI=1S/C60H60N2/c1-57(2,3)43-19-25-53-49(33-43)50-34-44(58(4,5)6)20-26-54(50)61(53)47-23-17-39-29-37(13-15-41(39)31-47)38-14-16-42-32-48(24-18-40(42)30-38)62-55-27-21-45(59(7,8)9)35-51(55)52-36-46(60(10,11)12)22-28-56(52)62/h13-36H,1-12H3. The van der Waals surface area contributed by atoms with E-state index in [1.54, 1.807) is 0 Å². The Kier molecular flexibility index (Phi) is 8.83. The van der Waals surface area contributed by atoms with Gasteiger partial charge in [0, 0.05) is 32.9 Å². The van der Waals surface area contributed by atoms with Crippen molar-refractivity contribution in [3.05, 3.63) is 168 Å². The molecule has 2 aromatic heterocycles. The predicted molar refractivity (Wildman–Crippen MR) is 270 cm³/mol. The molecule has 10 aromatic rings. The van der Waals surface area contributed by atoms with E-state index in [2.05, 4.69) is 238 Å². The van der Waals surface area contributed by atoms with Crippen LogP contribution < -0.4 is 0 Å². The maximum atomic E-state index is 2.46. The second-order valence-corrected chi connectivity index (χ2v) is 22.1. The summed E-state index contributed by atoms with van der Waals surface area (Å²) in [5.74, 6) is 0. The maximum Gasteiger partial charge on any atom is 0.0541 e. The van der Waals surface area contributed by atoms with Gasteiger partial charge in [0.25, 0.3) is 0 Å². The van der Waals surface area contributed by atoms with Gasteiger partial charge in [-0.3, -0.25) is 0 Å². The summed E-state index contributed by atoms with van der Waals surface area (Å²) in [6.07, 6.45) is 0. The number of hydrogen-bond acceptors (Lipinski definition) is 0. The average molecular weight is 809 g/mol. The van der Waals surface area contributed by atoms with Crippen LogP contribution in [-0.4, -0.2) is 9.13 Å². The van der Waals surface area contributed by atoms with Crippen LogP contribution >= 0.6 is 0 Å². The van der Waals surface area contributed by atoms with Crippen LogP contribution in [0.15, 0.2) is 146 Å². The summed E-state index contributed by atoms with van der Waals surface area (Å²) in [4.78, 5) is 0. The predicted octanol–water partition coefficient (Wildman–Crippen LogP) is 17.0. The number of fused-ring (bicyclic) bond motifs is 8. The number of rotatable bonds is 3. The van der Waals surface area contributed by atoms with Crippen LogP contribution in [0.5, 0.6) is 0 Å². The lowest BCUT2D eigenvalue weighted by Gasteiger charge is -2.19. The molecule has 0 unspecified atom stereocenters. The molecular formula is C60H60N2. The van der Waals surface area contributed by atoms with E-state index in [0.29, 0.717) is 0 Å². The molecule has 2 nitrogen and oxygen atoms in total. The number of hydrogen-bond donors (Lipinski definition) is 0. The molecule has 0 saturated heterocycles. The molecule has 2 heteroatoms. The Labute approximate surface area is 367 Å². The van der Waals surface area contributed by atoms with Crippen molar-refractivity contribution in [1.82, 2.24) is 9.13 Å². The molecule has 0 fully saturated rings. The van der Waals surface area contributed by atoms with Gasteiger partial charge < -0.3 is 9.13 Å². The van der Waals surface area contributed by atoms with E-state index in [1.165, 1.54) is 110 Å². The minimum absolute atomic E-state index is 0.0698. The molecule has 0 bridgehead atoms. The largest absolute Gasteiger partial charge is 0.309 e. The Bertz CT molecular complexity index is 3050. The number of benzene rings is 8. The molecule has 0 N–H and O–H groups in total. The van der Waals surface area contributed by atoms with Gasteiger partial charge in [0.15, 0.2) is 0 Å². The molecule has 0 atom stereocenters. The van der Waals surface area contributed by atoms with Crippen LogP contribution in [0.1, 0.15) is 105 Å². The summed E-state index contributed by atoms with van der Waals surface area (Å²) < 4.78 is 4.92. The molecule has 0 radical (unpaired) electrons. The van der Waals surface area contributed by atoms with Crippen molar-refractivity contribution in [2.75, 3.05) is 0 Å². The molecule has 0 spiro atoms. The molecule has 0 aliphatic rings. The van der Waals surface area contributed by atoms with E-state index in [4.69, 9.17) is 0 Å². The highest BCUT2D eigenvalue weighted by atomic mass is 15.0. The lowest BCUT2D eigenvalue weighted by molar-refractivity contribution is 0.590. The third kappa shape index (κ3) is 6.71. The van der Waals surface area contributed by atoms with Gasteiger partial charge >= 0.3 is 0 Å². The Morgan fingerprint density at radius 3 is 0.790 bits per heavy atom. The fourth-order valence-electron chi connectivity index (χ4n) is 9.57. The minimum Gasteiger partial charge on any atom is -0.309 e. The van der Waals surface area contributed by atoms with Gasteiger partial charge in [-0.2, -0.15) is 0 Å². The Morgan fingerprint density at radius 2 is 0.516 bits per heavy atom. The Morgan fingerprint density at radius 1 is 0.258 bits per heavy atom.